The van der Waals surface area contributed by atoms with Crippen molar-refractivity contribution in [1.29, 1.82) is 0 Å². The second-order valence-electron chi connectivity index (χ2n) is 4.50. The average Bonchev–Trinajstić information content (AvgIpc) is 2.77. The smallest absolute Gasteiger partial charge is 0.326 e. The third kappa shape index (κ3) is 2.18. The predicted molar refractivity (Wildman–Crippen MR) is 79.7 cm³/mol. The van der Waals surface area contributed by atoms with Gasteiger partial charge in [0.1, 0.15) is 11.3 Å². The summed E-state index contributed by atoms with van der Waals surface area (Å²) >= 11 is 5.87. The summed E-state index contributed by atoms with van der Waals surface area (Å²) in [5.74, 6) is 0.676. The number of nitrogens with one attached hydrogen (secondary N) is 1. The van der Waals surface area contributed by atoms with Gasteiger partial charge in [-0.05, 0) is 29.8 Å². The Kier molecular flexibility index (Phi) is 3.24. The number of methoxy groups -OCH3 is 1. The molecule has 0 saturated heterocycles. The first-order valence-corrected chi connectivity index (χ1v) is 6.57. The Morgan fingerprint density at radius 3 is 2.65 bits per heavy atom. The number of fused-ring (bicyclic) bond motifs is 1. The zero-order valence-corrected chi connectivity index (χ0v) is 11.6. The standard InChI is InChI=1S/C15H13ClN2O2/c1-20-13-4-2-3-12-14(13)18(15(19)17-12)9-10-5-7-11(16)8-6-10/h2-8H,9H2,1H3,(H,17,19). The number of nitrogens with zero attached hydrogens (tertiary/aromatic N) is 1. The Balaban J connectivity index is 2.13. The first-order chi connectivity index (χ1) is 9.69. The van der Waals surface area contributed by atoms with Gasteiger partial charge in [-0.1, -0.05) is 29.8 Å². The van der Waals surface area contributed by atoms with E-state index in [-0.39, 0.29) is 5.69 Å². The second-order valence-corrected chi connectivity index (χ2v) is 4.94. The summed E-state index contributed by atoms with van der Waals surface area (Å²) in [6.07, 6.45) is 0. The fraction of sp³-hybridized carbons (Fsp3) is 0.133. The SMILES string of the molecule is COc1cccc2[nH]c(=O)n(Cc3ccc(Cl)cc3)c12. The fourth-order valence-electron chi connectivity index (χ4n) is 2.27. The molecule has 0 aliphatic carbocycles. The van der Waals surface area contributed by atoms with Crippen molar-refractivity contribution >= 4 is 22.6 Å². The summed E-state index contributed by atoms with van der Waals surface area (Å²) in [6.45, 7) is 0.469. The monoisotopic (exact) mass is 288 g/mol. The highest BCUT2D eigenvalue weighted by Gasteiger charge is 2.11. The van der Waals surface area contributed by atoms with Crippen LogP contribution < -0.4 is 10.4 Å². The van der Waals surface area contributed by atoms with Crippen molar-refractivity contribution in [3.05, 3.63) is 63.5 Å². The number of aromatic amines is 1. The first kappa shape index (κ1) is 12.8. The minimum atomic E-state index is -0.153. The van der Waals surface area contributed by atoms with Gasteiger partial charge < -0.3 is 9.72 Å². The Bertz CT molecular complexity index is 803. The Hall–Kier alpha value is -2.20. The number of ether oxygens (including phenoxy) is 1. The quantitative estimate of drug-likeness (QED) is 0.805. The zero-order chi connectivity index (χ0) is 14.1. The predicted octanol–water partition coefficient (Wildman–Crippen LogP) is 3.04. The van der Waals surface area contributed by atoms with Crippen molar-refractivity contribution in [2.24, 2.45) is 0 Å². The van der Waals surface area contributed by atoms with E-state index in [0.717, 1.165) is 16.6 Å². The van der Waals surface area contributed by atoms with Crippen LogP contribution in [0.4, 0.5) is 0 Å². The molecular formula is C15H13ClN2O2. The van der Waals surface area contributed by atoms with Crippen LogP contribution in [0.1, 0.15) is 5.56 Å². The molecule has 1 N–H and O–H groups in total. The van der Waals surface area contributed by atoms with Gasteiger partial charge in [0.05, 0.1) is 19.2 Å². The van der Waals surface area contributed by atoms with Gasteiger partial charge in [0.2, 0.25) is 0 Å². The topological polar surface area (TPSA) is 47.0 Å². The molecule has 20 heavy (non-hydrogen) atoms. The molecule has 0 spiro atoms. The van der Waals surface area contributed by atoms with Crippen LogP contribution >= 0.6 is 11.6 Å². The van der Waals surface area contributed by atoms with E-state index in [2.05, 4.69) is 4.98 Å². The van der Waals surface area contributed by atoms with Gasteiger partial charge in [0, 0.05) is 5.02 Å². The van der Waals surface area contributed by atoms with Crippen LogP contribution in [0.25, 0.3) is 11.0 Å². The average molecular weight is 289 g/mol. The van der Waals surface area contributed by atoms with Gasteiger partial charge in [-0.25, -0.2) is 4.79 Å². The van der Waals surface area contributed by atoms with Gasteiger partial charge in [-0.15, -0.1) is 0 Å². The van der Waals surface area contributed by atoms with Gasteiger partial charge in [-0.2, -0.15) is 0 Å². The van der Waals surface area contributed by atoms with Gasteiger partial charge in [0.15, 0.2) is 0 Å². The lowest BCUT2D eigenvalue weighted by Gasteiger charge is -2.07. The van der Waals surface area contributed by atoms with E-state index in [1.807, 2.05) is 42.5 Å². The lowest BCUT2D eigenvalue weighted by molar-refractivity contribution is 0.417. The first-order valence-electron chi connectivity index (χ1n) is 6.19. The van der Waals surface area contributed by atoms with E-state index in [1.54, 1.807) is 11.7 Å². The number of hydrogen-bond acceptors (Lipinski definition) is 2. The van der Waals surface area contributed by atoms with E-state index in [9.17, 15) is 4.79 Å². The van der Waals surface area contributed by atoms with Crippen molar-refractivity contribution in [3.63, 3.8) is 0 Å². The molecule has 0 unspecified atom stereocenters. The molecule has 0 radical (unpaired) electrons. The molecule has 0 saturated carbocycles. The number of para-hydroxylation sites is 1. The number of halogens is 1. The zero-order valence-electron chi connectivity index (χ0n) is 10.9. The van der Waals surface area contributed by atoms with Crippen LogP contribution in [-0.4, -0.2) is 16.7 Å². The van der Waals surface area contributed by atoms with E-state index in [0.29, 0.717) is 17.3 Å². The maximum Gasteiger partial charge on any atom is 0.326 e. The summed E-state index contributed by atoms with van der Waals surface area (Å²) in [5.41, 5.74) is 2.39. The van der Waals surface area contributed by atoms with Crippen LogP contribution in [0.2, 0.25) is 5.02 Å². The molecule has 0 amide bonds. The number of aromatic nitrogens is 2. The number of H-pyrrole nitrogens is 1. The van der Waals surface area contributed by atoms with E-state index < -0.39 is 0 Å². The molecule has 5 heteroatoms. The minimum absolute atomic E-state index is 0.153. The second kappa shape index (κ2) is 5.06. The third-order valence-corrected chi connectivity index (χ3v) is 3.48. The lowest BCUT2D eigenvalue weighted by atomic mass is 10.2. The summed E-state index contributed by atoms with van der Waals surface area (Å²) in [6, 6.07) is 13.0. The molecule has 1 heterocycles. The number of hydrogen-bond donors (Lipinski definition) is 1. The fourth-order valence-corrected chi connectivity index (χ4v) is 2.40. The summed E-state index contributed by atoms with van der Waals surface area (Å²) in [4.78, 5) is 14.9. The van der Waals surface area contributed by atoms with Crippen molar-refractivity contribution in [3.8, 4) is 5.75 Å². The molecule has 4 nitrogen and oxygen atoms in total. The van der Waals surface area contributed by atoms with E-state index >= 15 is 0 Å². The molecule has 0 aliphatic heterocycles. The van der Waals surface area contributed by atoms with Crippen LogP contribution in [0, 0.1) is 0 Å². The summed E-state index contributed by atoms with van der Waals surface area (Å²) in [5, 5.41) is 0.678. The van der Waals surface area contributed by atoms with Crippen LogP contribution in [0.15, 0.2) is 47.3 Å². The largest absolute Gasteiger partial charge is 0.494 e. The number of imidazole rings is 1. The van der Waals surface area contributed by atoms with Crippen molar-refractivity contribution in [1.82, 2.24) is 9.55 Å². The van der Waals surface area contributed by atoms with Gasteiger partial charge in [0.25, 0.3) is 0 Å². The maximum atomic E-state index is 12.1. The minimum Gasteiger partial charge on any atom is -0.494 e. The molecule has 3 aromatic rings. The number of benzene rings is 2. The van der Waals surface area contributed by atoms with Gasteiger partial charge >= 0.3 is 5.69 Å². The highest BCUT2D eigenvalue weighted by molar-refractivity contribution is 6.30. The molecule has 0 aliphatic rings. The molecule has 0 bridgehead atoms. The van der Waals surface area contributed by atoms with Crippen LogP contribution in [0.5, 0.6) is 5.75 Å². The highest BCUT2D eigenvalue weighted by atomic mass is 35.5. The molecule has 0 fully saturated rings. The molecule has 0 atom stereocenters. The molecule has 102 valence electrons. The molecule has 2 aromatic carbocycles. The summed E-state index contributed by atoms with van der Waals surface area (Å²) in [7, 11) is 1.60. The maximum absolute atomic E-state index is 12.1. The van der Waals surface area contributed by atoms with Crippen molar-refractivity contribution < 1.29 is 4.74 Å². The van der Waals surface area contributed by atoms with Gasteiger partial charge in [-0.3, -0.25) is 4.57 Å². The number of rotatable bonds is 3. The van der Waals surface area contributed by atoms with E-state index in [4.69, 9.17) is 16.3 Å². The Labute approximate surface area is 120 Å². The lowest BCUT2D eigenvalue weighted by Crippen LogP contribution is -2.17. The van der Waals surface area contributed by atoms with Crippen LogP contribution in [-0.2, 0) is 6.54 Å². The Morgan fingerprint density at radius 2 is 1.95 bits per heavy atom. The van der Waals surface area contributed by atoms with Crippen molar-refractivity contribution in [2.75, 3.05) is 7.11 Å². The summed E-state index contributed by atoms with van der Waals surface area (Å²) < 4.78 is 7.00. The Morgan fingerprint density at radius 1 is 1.20 bits per heavy atom. The molecule has 1 aromatic heterocycles. The molecule has 3 rings (SSSR count). The van der Waals surface area contributed by atoms with Crippen LogP contribution in [0.3, 0.4) is 0 Å². The van der Waals surface area contributed by atoms with E-state index in [1.165, 1.54) is 0 Å². The highest BCUT2D eigenvalue weighted by Crippen LogP contribution is 2.23. The third-order valence-electron chi connectivity index (χ3n) is 3.23. The normalized spacial score (nSPS) is 10.9. The molecular weight excluding hydrogens is 276 g/mol. The van der Waals surface area contributed by atoms with Crippen molar-refractivity contribution in [2.45, 2.75) is 6.54 Å².